The van der Waals surface area contributed by atoms with E-state index in [0.717, 1.165) is 0 Å². The first-order chi connectivity index (χ1) is 10.7. The lowest BCUT2D eigenvalue weighted by Crippen LogP contribution is -2.51. The zero-order chi connectivity index (χ0) is 17.6. The van der Waals surface area contributed by atoms with E-state index >= 15 is 0 Å². The molecular formula is C11H17N5O7. The highest BCUT2D eigenvalue weighted by molar-refractivity contribution is 5.82. The van der Waals surface area contributed by atoms with Crippen molar-refractivity contribution in [3.05, 3.63) is 11.8 Å². The lowest BCUT2D eigenvalue weighted by Gasteiger charge is -2.16. The highest BCUT2D eigenvalue weighted by Gasteiger charge is 2.25. The van der Waals surface area contributed by atoms with Crippen LogP contribution in [0.2, 0.25) is 0 Å². The van der Waals surface area contributed by atoms with Gasteiger partial charge in [-0.2, -0.15) is 0 Å². The van der Waals surface area contributed by atoms with Crippen molar-refractivity contribution in [2.45, 2.75) is 38.1 Å². The Balaban J connectivity index is 2.52. The van der Waals surface area contributed by atoms with E-state index in [1.54, 1.807) is 0 Å². The topological polar surface area (TPSA) is 201 Å². The van der Waals surface area contributed by atoms with Crippen molar-refractivity contribution >= 4 is 18.0 Å². The molecule has 2 amide bonds. The molecule has 0 radical (unpaired) electrons. The summed E-state index contributed by atoms with van der Waals surface area (Å²) in [5.41, 5.74) is 5.53. The zero-order valence-corrected chi connectivity index (χ0v) is 12.1. The van der Waals surface area contributed by atoms with Gasteiger partial charge in [0.1, 0.15) is 0 Å². The maximum absolute atomic E-state index is 11.5. The van der Waals surface area contributed by atoms with Crippen molar-refractivity contribution < 1.29 is 34.1 Å². The summed E-state index contributed by atoms with van der Waals surface area (Å²) in [6.45, 7) is 0.984. The van der Waals surface area contributed by atoms with Gasteiger partial charge in [-0.3, -0.25) is 4.79 Å². The van der Waals surface area contributed by atoms with E-state index in [1.165, 1.54) is 6.92 Å². The van der Waals surface area contributed by atoms with E-state index in [4.69, 9.17) is 20.4 Å². The Morgan fingerprint density at radius 2 is 1.96 bits per heavy atom. The number of carbonyl (C=O) groups is 3. The summed E-state index contributed by atoms with van der Waals surface area (Å²) < 4.78 is 5.08. The number of aliphatic hydroxyl groups is 1. The molecule has 12 nitrogen and oxygen atoms in total. The molecule has 1 aromatic rings. The summed E-state index contributed by atoms with van der Waals surface area (Å²) in [5, 5.41) is 38.1. The lowest BCUT2D eigenvalue weighted by molar-refractivity contribution is -0.142. The second-order valence-corrected chi connectivity index (χ2v) is 4.62. The summed E-state index contributed by atoms with van der Waals surface area (Å²) in [6, 6.07) is -3.32. The summed E-state index contributed by atoms with van der Waals surface area (Å²) in [7, 11) is 0. The van der Waals surface area contributed by atoms with Crippen LogP contribution < -0.4 is 16.4 Å². The van der Waals surface area contributed by atoms with Crippen LogP contribution in [-0.4, -0.2) is 55.6 Å². The van der Waals surface area contributed by atoms with Crippen LogP contribution in [0.15, 0.2) is 4.42 Å². The van der Waals surface area contributed by atoms with Crippen LogP contribution in [0.3, 0.4) is 0 Å². The first-order valence-corrected chi connectivity index (χ1v) is 6.45. The van der Waals surface area contributed by atoms with E-state index in [9.17, 15) is 19.5 Å². The minimum atomic E-state index is -1.47. The minimum absolute atomic E-state index is 0.0417. The highest BCUT2D eigenvalue weighted by atomic mass is 16.4. The number of aliphatic carboxylic acids is 2. The summed E-state index contributed by atoms with van der Waals surface area (Å²) in [6.07, 6.45) is -1.69. The summed E-state index contributed by atoms with van der Waals surface area (Å²) in [4.78, 5) is 32.9. The maximum Gasteiger partial charge on any atom is 0.328 e. The molecule has 0 bridgehead atoms. The number of carbonyl (C=O) groups excluding carboxylic acids is 1. The quantitative estimate of drug-likeness (QED) is 0.315. The average Bonchev–Trinajstić information content (AvgIpc) is 2.90. The van der Waals surface area contributed by atoms with Gasteiger partial charge in [-0.25, -0.2) is 9.59 Å². The van der Waals surface area contributed by atoms with E-state index in [0.29, 0.717) is 0 Å². The Morgan fingerprint density at radius 1 is 1.30 bits per heavy atom. The lowest BCUT2D eigenvalue weighted by atomic mass is 10.2. The largest absolute Gasteiger partial charge is 0.481 e. The molecule has 1 heterocycles. The van der Waals surface area contributed by atoms with Crippen molar-refractivity contribution in [1.82, 2.24) is 20.8 Å². The molecule has 0 aromatic carbocycles. The minimum Gasteiger partial charge on any atom is -0.481 e. The number of amides is 2. The number of aliphatic hydroxyl groups excluding tert-OH is 1. The molecule has 3 atom stereocenters. The SMILES string of the molecule is CC(O)[C@H](NC(=O)NCc1nnc([C@@H](N)CC(=O)O)o1)C(=O)O. The third-order valence-electron chi connectivity index (χ3n) is 2.63. The number of nitrogens with one attached hydrogen (secondary N) is 2. The van der Waals surface area contributed by atoms with Crippen LogP contribution in [0.25, 0.3) is 0 Å². The van der Waals surface area contributed by atoms with Gasteiger partial charge in [-0.1, -0.05) is 0 Å². The van der Waals surface area contributed by atoms with Gasteiger partial charge in [0.25, 0.3) is 0 Å². The first kappa shape index (κ1) is 18.3. The van der Waals surface area contributed by atoms with Crippen LogP contribution in [0.1, 0.15) is 31.2 Å². The van der Waals surface area contributed by atoms with Crippen molar-refractivity contribution in [2.75, 3.05) is 0 Å². The second-order valence-electron chi connectivity index (χ2n) is 4.62. The Hall–Kier alpha value is -2.73. The number of hydrogen-bond acceptors (Lipinski definition) is 8. The van der Waals surface area contributed by atoms with Crippen LogP contribution in [0, 0.1) is 0 Å². The normalized spacial score (nSPS) is 14.6. The van der Waals surface area contributed by atoms with Gasteiger partial charge < -0.3 is 36.1 Å². The molecule has 7 N–H and O–H groups in total. The standard InChI is InChI=1S/C11H17N5O7/c1-4(17)8(10(20)21)14-11(22)13-3-6-15-16-9(23-6)5(12)2-7(18)19/h4-5,8,17H,2-3,12H2,1H3,(H,18,19)(H,20,21)(H2,13,14,22)/t4?,5-,8-/m0/s1. The van der Waals surface area contributed by atoms with Crippen LogP contribution in [-0.2, 0) is 16.1 Å². The zero-order valence-electron chi connectivity index (χ0n) is 12.1. The summed E-state index contributed by atoms with van der Waals surface area (Å²) >= 11 is 0. The van der Waals surface area contributed by atoms with Gasteiger partial charge >= 0.3 is 18.0 Å². The Labute approximate surface area is 129 Å². The second kappa shape index (κ2) is 8.05. The molecule has 1 rings (SSSR count). The molecule has 0 fully saturated rings. The van der Waals surface area contributed by atoms with Gasteiger partial charge in [0.15, 0.2) is 6.04 Å². The molecule has 0 saturated carbocycles. The predicted molar refractivity (Wildman–Crippen MR) is 72.0 cm³/mol. The number of nitrogens with zero attached hydrogens (tertiary/aromatic N) is 2. The fraction of sp³-hybridized carbons (Fsp3) is 0.545. The van der Waals surface area contributed by atoms with Crippen LogP contribution >= 0.6 is 0 Å². The van der Waals surface area contributed by atoms with Gasteiger partial charge in [0, 0.05) is 0 Å². The Kier molecular flexibility index (Phi) is 6.41. The third-order valence-corrected chi connectivity index (χ3v) is 2.63. The first-order valence-electron chi connectivity index (χ1n) is 6.45. The molecule has 0 saturated heterocycles. The monoisotopic (exact) mass is 331 g/mol. The molecular weight excluding hydrogens is 314 g/mol. The number of nitrogens with two attached hydrogens (primary N) is 1. The van der Waals surface area contributed by atoms with E-state index in [1.807, 2.05) is 5.32 Å². The molecule has 0 aliphatic carbocycles. The van der Waals surface area contributed by atoms with Crippen molar-refractivity contribution in [3.63, 3.8) is 0 Å². The Bertz CT molecular complexity index is 573. The van der Waals surface area contributed by atoms with Gasteiger partial charge in [-0.15, -0.1) is 10.2 Å². The maximum atomic E-state index is 11.5. The summed E-state index contributed by atoms with van der Waals surface area (Å²) in [5.74, 6) is -2.67. The number of aromatic nitrogens is 2. The van der Waals surface area contributed by atoms with Crippen molar-refractivity contribution in [1.29, 1.82) is 0 Å². The van der Waals surface area contributed by atoms with Gasteiger partial charge in [0.2, 0.25) is 11.8 Å². The van der Waals surface area contributed by atoms with Gasteiger partial charge in [0.05, 0.1) is 25.1 Å². The van der Waals surface area contributed by atoms with Crippen molar-refractivity contribution in [2.24, 2.45) is 5.73 Å². The van der Waals surface area contributed by atoms with Crippen LogP contribution in [0.4, 0.5) is 4.79 Å². The van der Waals surface area contributed by atoms with E-state index in [-0.39, 0.29) is 18.3 Å². The highest BCUT2D eigenvalue weighted by Crippen LogP contribution is 2.12. The number of carboxylic acids is 2. The smallest absolute Gasteiger partial charge is 0.328 e. The average molecular weight is 331 g/mol. The number of urea groups is 1. The molecule has 0 aliphatic rings. The molecule has 1 aromatic heterocycles. The predicted octanol–water partition coefficient (Wildman–Crippen LogP) is -1.82. The fourth-order valence-electron chi connectivity index (χ4n) is 1.50. The number of hydrogen-bond donors (Lipinski definition) is 6. The number of carboxylic acid groups (broad SMARTS) is 2. The molecule has 23 heavy (non-hydrogen) atoms. The third kappa shape index (κ3) is 5.88. The molecule has 12 heteroatoms. The molecule has 128 valence electrons. The van der Waals surface area contributed by atoms with Gasteiger partial charge in [-0.05, 0) is 6.92 Å². The van der Waals surface area contributed by atoms with E-state index in [2.05, 4.69) is 15.5 Å². The van der Waals surface area contributed by atoms with E-state index < -0.39 is 42.6 Å². The fourth-order valence-corrected chi connectivity index (χ4v) is 1.50. The number of rotatable bonds is 8. The Morgan fingerprint density at radius 3 is 2.48 bits per heavy atom. The molecule has 1 unspecified atom stereocenters. The van der Waals surface area contributed by atoms with Crippen LogP contribution in [0.5, 0.6) is 0 Å². The van der Waals surface area contributed by atoms with Crippen molar-refractivity contribution in [3.8, 4) is 0 Å². The molecule has 0 spiro atoms. The molecule has 0 aliphatic heterocycles.